The minimum absolute atomic E-state index is 0.0715. The summed E-state index contributed by atoms with van der Waals surface area (Å²) in [5, 5.41) is 1.04. The first-order valence-corrected chi connectivity index (χ1v) is 10.6. The van der Waals surface area contributed by atoms with Crippen LogP contribution in [0.15, 0.2) is 34.9 Å². The van der Waals surface area contributed by atoms with Crippen LogP contribution in [0.4, 0.5) is 5.82 Å². The maximum Gasteiger partial charge on any atom is 0.339 e. The Labute approximate surface area is 181 Å². The van der Waals surface area contributed by atoms with Crippen molar-refractivity contribution in [3.63, 3.8) is 0 Å². The quantitative estimate of drug-likeness (QED) is 0.595. The Morgan fingerprint density at radius 3 is 2.35 bits per heavy atom. The summed E-state index contributed by atoms with van der Waals surface area (Å²) in [7, 11) is 0. The molecule has 1 aliphatic heterocycles. The number of esters is 1. The molecule has 2 aromatic heterocycles. The van der Waals surface area contributed by atoms with Gasteiger partial charge in [-0.3, -0.25) is 4.79 Å². The Hall–Kier alpha value is -3.35. The van der Waals surface area contributed by atoms with Crippen LogP contribution in [0.3, 0.4) is 0 Å². The molecule has 0 saturated carbocycles. The molecule has 3 aromatic rings. The molecule has 1 amide bonds. The summed E-state index contributed by atoms with van der Waals surface area (Å²) in [5.41, 5.74) is 4.28. The summed E-state index contributed by atoms with van der Waals surface area (Å²) >= 11 is 0. The topological polar surface area (TPSA) is 75.9 Å². The van der Waals surface area contributed by atoms with E-state index in [1.54, 1.807) is 13.0 Å². The lowest BCUT2D eigenvalue weighted by atomic mass is 10.0. The number of rotatable bonds is 4. The normalized spacial score (nSPS) is 14.2. The number of carbonyl (C=O) groups is 2. The van der Waals surface area contributed by atoms with Crippen LogP contribution < -0.4 is 4.90 Å². The summed E-state index contributed by atoms with van der Waals surface area (Å²) in [5.74, 6) is 0.769. The van der Waals surface area contributed by atoms with Crippen molar-refractivity contribution in [3.05, 3.63) is 58.5 Å². The van der Waals surface area contributed by atoms with Crippen LogP contribution in [0.25, 0.3) is 11.0 Å². The Bertz CT molecular complexity index is 1130. The van der Waals surface area contributed by atoms with Crippen LogP contribution in [0.1, 0.15) is 44.5 Å². The van der Waals surface area contributed by atoms with E-state index >= 15 is 0 Å². The van der Waals surface area contributed by atoms with Gasteiger partial charge in [0.25, 0.3) is 5.91 Å². The highest BCUT2D eigenvalue weighted by atomic mass is 16.5. The van der Waals surface area contributed by atoms with Crippen LogP contribution in [0, 0.1) is 20.8 Å². The van der Waals surface area contributed by atoms with Crippen LogP contribution in [-0.2, 0) is 4.74 Å². The first-order valence-electron chi connectivity index (χ1n) is 10.6. The Balaban J connectivity index is 1.46. The fraction of sp³-hybridized carbons (Fsp3) is 0.375. The minimum Gasteiger partial charge on any atom is -0.462 e. The van der Waals surface area contributed by atoms with Gasteiger partial charge >= 0.3 is 5.97 Å². The highest BCUT2D eigenvalue weighted by Crippen LogP contribution is 2.31. The number of fused-ring (bicyclic) bond motifs is 1. The molecule has 0 N–H and O–H groups in total. The number of anilines is 1. The van der Waals surface area contributed by atoms with Gasteiger partial charge in [0.1, 0.15) is 11.4 Å². The second-order valence-electron chi connectivity index (χ2n) is 7.86. The van der Waals surface area contributed by atoms with Crippen molar-refractivity contribution in [3.8, 4) is 0 Å². The summed E-state index contributed by atoms with van der Waals surface area (Å²) < 4.78 is 11.0. The molecule has 7 heteroatoms. The molecule has 1 fully saturated rings. The van der Waals surface area contributed by atoms with Crippen molar-refractivity contribution in [2.45, 2.75) is 27.7 Å². The number of hydrogen-bond donors (Lipinski definition) is 0. The zero-order chi connectivity index (χ0) is 22.1. The van der Waals surface area contributed by atoms with E-state index in [1.165, 1.54) is 6.20 Å². The van der Waals surface area contributed by atoms with E-state index in [2.05, 4.69) is 16.0 Å². The first-order chi connectivity index (χ1) is 14.9. The number of carbonyl (C=O) groups excluding carboxylic acids is 2. The fourth-order valence-corrected chi connectivity index (χ4v) is 4.07. The molecule has 31 heavy (non-hydrogen) atoms. The van der Waals surface area contributed by atoms with Crippen LogP contribution in [0.5, 0.6) is 0 Å². The van der Waals surface area contributed by atoms with Crippen molar-refractivity contribution >= 4 is 28.7 Å². The maximum absolute atomic E-state index is 13.2. The number of benzene rings is 1. The number of hydrogen-bond acceptors (Lipinski definition) is 6. The van der Waals surface area contributed by atoms with E-state index < -0.39 is 0 Å². The van der Waals surface area contributed by atoms with Gasteiger partial charge in [0.15, 0.2) is 5.76 Å². The minimum atomic E-state index is -0.372. The molecule has 7 nitrogen and oxygen atoms in total. The second kappa shape index (κ2) is 8.41. The first kappa shape index (κ1) is 20.9. The fourth-order valence-electron chi connectivity index (χ4n) is 4.07. The molecule has 3 heterocycles. The van der Waals surface area contributed by atoms with Crippen molar-refractivity contribution in [1.82, 2.24) is 9.88 Å². The van der Waals surface area contributed by atoms with Gasteiger partial charge in [0.2, 0.25) is 0 Å². The van der Waals surface area contributed by atoms with E-state index in [1.807, 2.05) is 37.8 Å². The lowest BCUT2D eigenvalue weighted by Crippen LogP contribution is -2.49. The van der Waals surface area contributed by atoms with Gasteiger partial charge < -0.3 is 19.0 Å². The summed E-state index contributed by atoms with van der Waals surface area (Å²) in [6, 6.07) is 7.63. The third kappa shape index (κ3) is 3.87. The van der Waals surface area contributed by atoms with Gasteiger partial charge in [-0.2, -0.15) is 0 Å². The molecule has 0 spiro atoms. The zero-order valence-electron chi connectivity index (χ0n) is 18.4. The molecule has 1 saturated heterocycles. The van der Waals surface area contributed by atoms with E-state index in [9.17, 15) is 9.59 Å². The van der Waals surface area contributed by atoms with Gasteiger partial charge in [-0.25, -0.2) is 9.78 Å². The average molecular weight is 421 g/mol. The number of ether oxygens (including phenoxy) is 1. The molecule has 0 atom stereocenters. The Kier molecular flexibility index (Phi) is 5.67. The highest BCUT2D eigenvalue weighted by Gasteiger charge is 2.28. The maximum atomic E-state index is 13.2. The number of aryl methyl sites for hydroxylation is 3. The summed E-state index contributed by atoms with van der Waals surface area (Å²) in [4.78, 5) is 33.3. The van der Waals surface area contributed by atoms with Crippen LogP contribution in [-0.4, -0.2) is 54.5 Å². The molecule has 0 unspecified atom stereocenters. The molecular formula is C24H27N3O4. The van der Waals surface area contributed by atoms with E-state index in [4.69, 9.17) is 9.15 Å². The number of furan rings is 1. The van der Waals surface area contributed by atoms with E-state index in [-0.39, 0.29) is 11.9 Å². The highest BCUT2D eigenvalue weighted by molar-refractivity contribution is 6.00. The lowest BCUT2D eigenvalue weighted by molar-refractivity contribution is 0.0525. The predicted octanol–water partition coefficient (Wildman–Crippen LogP) is 3.89. The number of aromatic nitrogens is 1. The van der Waals surface area contributed by atoms with Gasteiger partial charge in [-0.1, -0.05) is 12.1 Å². The molecule has 1 aromatic carbocycles. The van der Waals surface area contributed by atoms with E-state index in [0.717, 1.165) is 33.5 Å². The van der Waals surface area contributed by atoms with Gasteiger partial charge in [-0.05, 0) is 51.0 Å². The molecule has 1 aliphatic rings. The Morgan fingerprint density at radius 2 is 1.74 bits per heavy atom. The van der Waals surface area contributed by atoms with Crippen molar-refractivity contribution in [1.29, 1.82) is 0 Å². The van der Waals surface area contributed by atoms with Crippen LogP contribution in [0.2, 0.25) is 0 Å². The number of pyridine rings is 1. The Morgan fingerprint density at radius 1 is 1.03 bits per heavy atom. The number of piperazine rings is 1. The van der Waals surface area contributed by atoms with Gasteiger partial charge in [0, 0.05) is 43.3 Å². The van der Waals surface area contributed by atoms with Gasteiger partial charge in [-0.15, -0.1) is 0 Å². The monoisotopic (exact) mass is 421 g/mol. The average Bonchev–Trinajstić information content (AvgIpc) is 3.15. The number of amides is 1. The van der Waals surface area contributed by atoms with Crippen molar-refractivity contribution < 1.29 is 18.7 Å². The summed E-state index contributed by atoms with van der Waals surface area (Å²) in [6.07, 6.45) is 1.54. The SMILES string of the molecule is CCOC(=O)c1ccc(N2CCN(C(=O)c3oc4c(C)ccc(C)c4c3C)CC2)nc1. The molecular weight excluding hydrogens is 394 g/mol. The molecule has 162 valence electrons. The summed E-state index contributed by atoms with van der Waals surface area (Å²) in [6.45, 7) is 10.6. The molecule has 4 rings (SSSR count). The predicted molar refractivity (Wildman–Crippen MR) is 119 cm³/mol. The third-order valence-electron chi connectivity index (χ3n) is 5.83. The molecule has 0 bridgehead atoms. The zero-order valence-corrected chi connectivity index (χ0v) is 18.4. The standard InChI is InChI=1S/C24H27N3O4/c1-5-30-24(29)18-8-9-19(25-14-18)26-10-12-27(13-11-26)23(28)22-17(4)20-15(2)6-7-16(3)21(20)31-22/h6-9,14H,5,10-13H2,1-4H3. The van der Waals surface area contributed by atoms with E-state index in [0.29, 0.717) is 44.1 Å². The van der Waals surface area contributed by atoms with Gasteiger partial charge in [0.05, 0.1) is 12.2 Å². The third-order valence-corrected chi connectivity index (χ3v) is 5.83. The second-order valence-corrected chi connectivity index (χ2v) is 7.86. The van der Waals surface area contributed by atoms with Crippen molar-refractivity contribution in [2.24, 2.45) is 0 Å². The van der Waals surface area contributed by atoms with Crippen LogP contribution >= 0.6 is 0 Å². The molecule has 0 aliphatic carbocycles. The largest absolute Gasteiger partial charge is 0.462 e. The molecule has 0 radical (unpaired) electrons. The number of nitrogens with zero attached hydrogens (tertiary/aromatic N) is 3. The lowest BCUT2D eigenvalue weighted by Gasteiger charge is -2.35. The smallest absolute Gasteiger partial charge is 0.339 e. The van der Waals surface area contributed by atoms with Crippen molar-refractivity contribution in [2.75, 3.05) is 37.7 Å².